The molecule has 1 amide bonds. The van der Waals surface area contributed by atoms with Crippen LogP contribution in [0.1, 0.15) is 21.6 Å². The molecule has 0 unspecified atom stereocenters. The Balaban J connectivity index is 2.07. The van der Waals surface area contributed by atoms with Gasteiger partial charge in [0.05, 0.1) is 5.69 Å². The van der Waals surface area contributed by atoms with Crippen molar-refractivity contribution < 1.29 is 4.79 Å². The molecule has 0 spiro atoms. The molecular weight excluding hydrogens is 258 g/mol. The van der Waals surface area contributed by atoms with Crippen LogP contribution < -0.4 is 5.32 Å². The Bertz CT molecular complexity index is 578. The first-order valence-corrected chi connectivity index (χ1v) is 6.90. The van der Waals surface area contributed by atoms with Crippen LogP contribution in [0.2, 0.25) is 0 Å². The number of nitrogens with zero attached hydrogens (tertiary/aromatic N) is 2. The smallest absolute Gasteiger partial charge is 0.257 e. The highest BCUT2D eigenvalue weighted by Gasteiger charge is 2.11. The fraction of sp³-hybridized carbons (Fsp3) is 0.286. The third kappa shape index (κ3) is 3.62. The van der Waals surface area contributed by atoms with Crippen molar-refractivity contribution in [1.82, 2.24) is 9.88 Å². The molecule has 0 atom stereocenters. The maximum Gasteiger partial charge on any atom is 0.257 e. The Morgan fingerprint density at radius 3 is 2.79 bits per heavy atom. The quantitative estimate of drug-likeness (QED) is 0.933. The van der Waals surface area contributed by atoms with E-state index in [2.05, 4.69) is 10.3 Å². The average molecular weight is 275 g/mol. The van der Waals surface area contributed by atoms with Gasteiger partial charge in [0.1, 0.15) is 0 Å². The predicted octanol–water partition coefficient (Wildman–Crippen LogP) is 2.77. The van der Waals surface area contributed by atoms with Crippen molar-refractivity contribution in [3.8, 4) is 0 Å². The molecule has 2 rings (SSSR count). The van der Waals surface area contributed by atoms with E-state index in [9.17, 15) is 4.79 Å². The molecule has 0 aliphatic heterocycles. The van der Waals surface area contributed by atoms with E-state index in [4.69, 9.17) is 0 Å². The molecular formula is C14H17N3OS. The monoisotopic (exact) mass is 275 g/mol. The Labute approximate surface area is 117 Å². The van der Waals surface area contributed by atoms with Crippen molar-refractivity contribution in [1.29, 1.82) is 0 Å². The number of thiazole rings is 1. The molecule has 0 fully saturated rings. The number of aromatic nitrogens is 1. The highest BCUT2D eigenvalue weighted by molar-refractivity contribution is 7.13. The molecule has 1 N–H and O–H groups in total. The lowest BCUT2D eigenvalue weighted by molar-refractivity contribution is 0.102. The minimum atomic E-state index is -0.108. The summed E-state index contributed by atoms with van der Waals surface area (Å²) in [7, 11) is 3.98. The summed E-state index contributed by atoms with van der Waals surface area (Å²) in [5, 5.41) is 5.45. The van der Waals surface area contributed by atoms with Crippen LogP contribution in [0.15, 0.2) is 29.6 Å². The normalized spacial score (nSPS) is 10.7. The van der Waals surface area contributed by atoms with Crippen molar-refractivity contribution in [2.24, 2.45) is 0 Å². The number of benzene rings is 1. The van der Waals surface area contributed by atoms with Crippen LogP contribution in [0, 0.1) is 6.92 Å². The van der Waals surface area contributed by atoms with Crippen LogP contribution in [-0.4, -0.2) is 29.9 Å². The van der Waals surface area contributed by atoms with Crippen LogP contribution in [0.5, 0.6) is 0 Å². The van der Waals surface area contributed by atoms with Crippen molar-refractivity contribution in [3.05, 3.63) is 46.5 Å². The third-order valence-corrected chi connectivity index (χ3v) is 3.45. The first kappa shape index (κ1) is 13.7. The summed E-state index contributed by atoms with van der Waals surface area (Å²) in [5.41, 5.74) is 2.62. The van der Waals surface area contributed by atoms with Gasteiger partial charge in [-0.25, -0.2) is 4.98 Å². The van der Waals surface area contributed by atoms with E-state index in [-0.39, 0.29) is 5.91 Å². The number of rotatable bonds is 4. The van der Waals surface area contributed by atoms with Gasteiger partial charge in [-0.15, -0.1) is 11.3 Å². The number of carbonyl (C=O) groups is 1. The highest BCUT2D eigenvalue weighted by atomic mass is 32.1. The van der Waals surface area contributed by atoms with E-state index in [1.54, 1.807) is 0 Å². The molecule has 0 aliphatic rings. The molecule has 4 nitrogen and oxygen atoms in total. The lowest BCUT2D eigenvalue weighted by Gasteiger charge is -2.06. The zero-order chi connectivity index (χ0) is 13.8. The summed E-state index contributed by atoms with van der Waals surface area (Å²) < 4.78 is 0. The molecule has 5 heteroatoms. The molecule has 2 aromatic rings. The molecule has 0 radical (unpaired) electrons. The minimum absolute atomic E-state index is 0.108. The van der Waals surface area contributed by atoms with Gasteiger partial charge >= 0.3 is 0 Å². The van der Waals surface area contributed by atoms with Gasteiger partial charge in [-0.1, -0.05) is 18.2 Å². The standard InChI is InChI=1S/C14H17N3OS/c1-10-6-4-5-7-12(10)13(18)16-14-15-11(9-19-14)8-17(2)3/h4-7,9H,8H2,1-3H3,(H,15,16,18). The Morgan fingerprint density at radius 1 is 1.37 bits per heavy atom. The predicted molar refractivity (Wildman–Crippen MR) is 78.6 cm³/mol. The summed E-state index contributed by atoms with van der Waals surface area (Å²) in [6.45, 7) is 2.70. The molecule has 1 heterocycles. The number of hydrogen-bond donors (Lipinski definition) is 1. The Hall–Kier alpha value is -1.72. The van der Waals surface area contributed by atoms with Gasteiger partial charge in [0.15, 0.2) is 5.13 Å². The number of nitrogens with one attached hydrogen (secondary N) is 1. The van der Waals surface area contributed by atoms with Crippen LogP contribution in [0.3, 0.4) is 0 Å². The second kappa shape index (κ2) is 5.95. The maximum atomic E-state index is 12.1. The number of amides is 1. The summed E-state index contributed by atoms with van der Waals surface area (Å²) in [6, 6.07) is 7.53. The Morgan fingerprint density at radius 2 is 2.11 bits per heavy atom. The summed E-state index contributed by atoms with van der Waals surface area (Å²) in [4.78, 5) is 18.5. The molecule has 0 saturated carbocycles. The van der Waals surface area contributed by atoms with E-state index in [1.807, 2.05) is 55.6 Å². The molecule has 0 aliphatic carbocycles. The minimum Gasteiger partial charge on any atom is -0.304 e. The summed E-state index contributed by atoms with van der Waals surface area (Å²) in [6.07, 6.45) is 0. The van der Waals surface area contributed by atoms with Crippen molar-refractivity contribution in [2.45, 2.75) is 13.5 Å². The number of anilines is 1. The second-order valence-corrected chi connectivity index (χ2v) is 5.51. The summed E-state index contributed by atoms with van der Waals surface area (Å²) >= 11 is 1.45. The molecule has 0 bridgehead atoms. The number of carbonyl (C=O) groups excluding carboxylic acids is 1. The van der Waals surface area contributed by atoms with Crippen molar-refractivity contribution >= 4 is 22.4 Å². The van der Waals surface area contributed by atoms with Crippen LogP contribution in [-0.2, 0) is 6.54 Å². The topological polar surface area (TPSA) is 45.2 Å². The van der Waals surface area contributed by atoms with E-state index >= 15 is 0 Å². The van der Waals surface area contributed by atoms with Gasteiger partial charge in [0.25, 0.3) is 5.91 Å². The van der Waals surface area contributed by atoms with E-state index < -0.39 is 0 Å². The van der Waals surface area contributed by atoms with Gasteiger partial charge < -0.3 is 4.90 Å². The first-order chi connectivity index (χ1) is 9.06. The third-order valence-electron chi connectivity index (χ3n) is 2.64. The molecule has 1 aromatic carbocycles. The fourth-order valence-corrected chi connectivity index (χ4v) is 2.45. The molecule has 1 aromatic heterocycles. The summed E-state index contributed by atoms with van der Waals surface area (Å²) in [5.74, 6) is -0.108. The van der Waals surface area contributed by atoms with Crippen LogP contribution in [0.4, 0.5) is 5.13 Å². The number of hydrogen-bond acceptors (Lipinski definition) is 4. The Kier molecular flexibility index (Phi) is 4.29. The van der Waals surface area contributed by atoms with E-state index in [1.165, 1.54) is 11.3 Å². The average Bonchev–Trinajstić information content (AvgIpc) is 2.76. The first-order valence-electron chi connectivity index (χ1n) is 6.02. The van der Waals surface area contributed by atoms with Gasteiger partial charge in [-0.3, -0.25) is 10.1 Å². The molecule has 100 valence electrons. The van der Waals surface area contributed by atoms with E-state index in [0.29, 0.717) is 10.7 Å². The van der Waals surface area contributed by atoms with Crippen molar-refractivity contribution in [3.63, 3.8) is 0 Å². The molecule has 0 saturated heterocycles. The van der Waals surface area contributed by atoms with Crippen LogP contribution >= 0.6 is 11.3 Å². The fourth-order valence-electron chi connectivity index (χ4n) is 1.75. The van der Waals surface area contributed by atoms with Crippen molar-refractivity contribution in [2.75, 3.05) is 19.4 Å². The van der Waals surface area contributed by atoms with E-state index in [0.717, 1.165) is 17.8 Å². The van der Waals surface area contributed by atoms with Gasteiger partial charge in [-0.2, -0.15) is 0 Å². The lowest BCUT2D eigenvalue weighted by atomic mass is 10.1. The zero-order valence-corrected chi connectivity index (χ0v) is 12.1. The molecule has 19 heavy (non-hydrogen) atoms. The zero-order valence-electron chi connectivity index (χ0n) is 11.3. The van der Waals surface area contributed by atoms with Crippen LogP contribution in [0.25, 0.3) is 0 Å². The SMILES string of the molecule is Cc1ccccc1C(=O)Nc1nc(CN(C)C)cs1. The lowest BCUT2D eigenvalue weighted by Crippen LogP contribution is -2.14. The largest absolute Gasteiger partial charge is 0.304 e. The number of aryl methyl sites for hydroxylation is 1. The van der Waals surface area contributed by atoms with Gasteiger partial charge in [0.2, 0.25) is 0 Å². The second-order valence-electron chi connectivity index (χ2n) is 4.65. The van der Waals surface area contributed by atoms with Gasteiger partial charge in [-0.05, 0) is 32.6 Å². The highest BCUT2D eigenvalue weighted by Crippen LogP contribution is 2.18. The van der Waals surface area contributed by atoms with Gasteiger partial charge in [0, 0.05) is 17.5 Å². The maximum absolute atomic E-state index is 12.1.